The van der Waals surface area contributed by atoms with Crippen LogP contribution < -0.4 is 5.32 Å². The first kappa shape index (κ1) is 23.8. The summed E-state index contributed by atoms with van der Waals surface area (Å²) in [6, 6.07) is 17.2. The van der Waals surface area contributed by atoms with E-state index in [1.807, 2.05) is 30.3 Å². The van der Waals surface area contributed by atoms with Crippen LogP contribution in [0, 0.1) is 0 Å². The number of thioether (sulfide) groups is 1. The molecule has 0 saturated heterocycles. The highest BCUT2D eigenvalue weighted by Crippen LogP contribution is 2.37. The summed E-state index contributed by atoms with van der Waals surface area (Å²) in [4.78, 5) is 25.0. The summed E-state index contributed by atoms with van der Waals surface area (Å²) >= 11 is 19.2. The zero-order valence-electron chi connectivity index (χ0n) is 17.5. The van der Waals surface area contributed by atoms with Crippen LogP contribution in [0.25, 0.3) is 21.8 Å². The largest absolute Gasteiger partial charge is 0.455 e. The van der Waals surface area contributed by atoms with Crippen molar-refractivity contribution in [3.05, 3.63) is 69.7 Å². The molecule has 3 aromatic carbocycles. The highest BCUT2D eigenvalue weighted by Gasteiger charge is 2.14. The lowest BCUT2D eigenvalue weighted by molar-refractivity contribution is -0.144. The van der Waals surface area contributed by atoms with Gasteiger partial charge >= 0.3 is 5.97 Å². The molecule has 0 bridgehead atoms. The van der Waals surface area contributed by atoms with E-state index in [-0.39, 0.29) is 22.4 Å². The molecule has 0 unspecified atom stereocenters. The van der Waals surface area contributed by atoms with Crippen molar-refractivity contribution in [2.24, 2.45) is 0 Å². The highest BCUT2D eigenvalue weighted by molar-refractivity contribution is 8.00. The SMILES string of the molecule is CCn1c2ccccc2c2cc(NC(=O)COC(=O)CSc3ccc(Cl)c(Cl)c3Cl)ccc21. The Bertz CT molecular complexity index is 1370. The zero-order valence-corrected chi connectivity index (χ0v) is 20.6. The smallest absolute Gasteiger partial charge is 0.316 e. The Balaban J connectivity index is 1.36. The van der Waals surface area contributed by atoms with Gasteiger partial charge in [-0.1, -0.05) is 53.0 Å². The van der Waals surface area contributed by atoms with Crippen LogP contribution in [0.1, 0.15) is 6.92 Å². The van der Waals surface area contributed by atoms with Crippen LogP contribution in [-0.4, -0.2) is 28.8 Å². The number of esters is 1. The minimum atomic E-state index is -0.543. The molecule has 1 N–H and O–H groups in total. The summed E-state index contributed by atoms with van der Waals surface area (Å²) in [6.07, 6.45) is 0. The summed E-state index contributed by atoms with van der Waals surface area (Å²) in [7, 11) is 0. The molecule has 0 spiro atoms. The maximum absolute atomic E-state index is 12.3. The number of hydrogen-bond acceptors (Lipinski definition) is 4. The van der Waals surface area contributed by atoms with E-state index in [2.05, 4.69) is 28.9 Å². The number of nitrogens with zero attached hydrogens (tertiary/aromatic N) is 1. The van der Waals surface area contributed by atoms with Crippen LogP contribution in [0.15, 0.2) is 59.5 Å². The minimum absolute atomic E-state index is 0.0204. The van der Waals surface area contributed by atoms with Crippen LogP contribution in [0.3, 0.4) is 0 Å². The van der Waals surface area contributed by atoms with Crippen molar-refractivity contribution in [1.82, 2.24) is 4.57 Å². The van der Waals surface area contributed by atoms with Gasteiger partial charge in [-0.3, -0.25) is 9.59 Å². The lowest BCUT2D eigenvalue weighted by Crippen LogP contribution is -2.21. The topological polar surface area (TPSA) is 60.3 Å². The second-order valence-electron chi connectivity index (χ2n) is 7.16. The molecular formula is C24H19Cl3N2O3S. The zero-order chi connectivity index (χ0) is 23.5. The first-order chi connectivity index (χ1) is 15.9. The summed E-state index contributed by atoms with van der Waals surface area (Å²) in [5.41, 5.74) is 2.88. The molecule has 1 amide bonds. The Hall–Kier alpha value is -2.38. The second kappa shape index (κ2) is 10.3. The molecule has 0 aliphatic rings. The standard InChI is InChI=1S/C24H19Cl3N2O3S/c1-2-29-18-6-4-3-5-15(18)16-11-14(7-9-19(16)29)28-21(30)12-32-22(31)13-33-20-10-8-17(25)23(26)24(20)27/h3-11H,2,12-13H2,1H3,(H,28,30). The maximum Gasteiger partial charge on any atom is 0.316 e. The average molecular weight is 522 g/mol. The lowest BCUT2D eigenvalue weighted by Gasteiger charge is -2.09. The van der Waals surface area contributed by atoms with Gasteiger partial charge in [-0.25, -0.2) is 0 Å². The third-order valence-corrected chi connectivity index (χ3v) is 7.52. The molecule has 0 fully saturated rings. The quantitative estimate of drug-likeness (QED) is 0.161. The van der Waals surface area contributed by atoms with Crippen molar-refractivity contribution in [2.75, 3.05) is 17.7 Å². The predicted molar refractivity (Wildman–Crippen MR) is 137 cm³/mol. The molecule has 0 aliphatic carbocycles. The number of fused-ring (bicyclic) bond motifs is 3. The molecule has 1 aromatic heterocycles. The summed E-state index contributed by atoms with van der Waals surface area (Å²) < 4.78 is 7.32. The van der Waals surface area contributed by atoms with Crippen LogP contribution in [0.4, 0.5) is 5.69 Å². The van der Waals surface area contributed by atoms with Gasteiger partial charge in [0.2, 0.25) is 0 Å². The fourth-order valence-electron chi connectivity index (χ4n) is 3.61. The van der Waals surface area contributed by atoms with E-state index in [9.17, 15) is 9.59 Å². The molecular weight excluding hydrogens is 503 g/mol. The Kier molecular flexibility index (Phi) is 7.39. The number of aromatic nitrogens is 1. The number of aryl methyl sites for hydroxylation is 1. The number of halogens is 3. The molecule has 0 atom stereocenters. The molecule has 170 valence electrons. The predicted octanol–water partition coefficient (Wildman–Crippen LogP) is 7.05. The van der Waals surface area contributed by atoms with E-state index in [0.717, 1.165) is 40.1 Å². The Morgan fingerprint density at radius 3 is 2.52 bits per heavy atom. The van der Waals surface area contributed by atoms with Gasteiger partial charge in [0.25, 0.3) is 5.91 Å². The summed E-state index contributed by atoms with van der Waals surface area (Å²) in [6.45, 7) is 2.56. The van der Waals surface area contributed by atoms with Crippen LogP contribution in [0.5, 0.6) is 0 Å². The molecule has 0 aliphatic heterocycles. The summed E-state index contributed by atoms with van der Waals surface area (Å²) in [5, 5.41) is 5.81. The number of benzene rings is 3. The van der Waals surface area contributed by atoms with Crippen molar-refractivity contribution >= 4 is 85.9 Å². The average Bonchev–Trinajstić information content (AvgIpc) is 3.14. The van der Waals surface area contributed by atoms with E-state index in [1.54, 1.807) is 12.1 Å². The number of nitrogens with one attached hydrogen (secondary N) is 1. The fourth-order valence-corrected chi connectivity index (χ4v) is 5.12. The first-order valence-electron chi connectivity index (χ1n) is 10.1. The number of amides is 1. The lowest BCUT2D eigenvalue weighted by atomic mass is 10.1. The summed E-state index contributed by atoms with van der Waals surface area (Å²) in [5.74, 6) is -0.980. The van der Waals surface area contributed by atoms with E-state index >= 15 is 0 Å². The molecule has 0 radical (unpaired) electrons. The number of carbonyl (C=O) groups is 2. The molecule has 4 aromatic rings. The first-order valence-corrected chi connectivity index (χ1v) is 12.2. The highest BCUT2D eigenvalue weighted by atomic mass is 35.5. The van der Waals surface area contributed by atoms with Crippen LogP contribution in [-0.2, 0) is 20.9 Å². The molecule has 0 saturated carbocycles. The van der Waals surface area contributed by atoms with Crippen molar-refractivity contribution in [3.63, 3.8) is 0 Å². The monoisotopic (exact) mass is 520 g/mol. The number of ether oxygens (including phenoxy) is 1. The van der Waals surface area contributed by atoms with Gasteiger partial charge in [0.1, 0.15) is 0 Å². The number of hydrogen-bond donors (Lipinski definition) is 1. The van der Waals surface area contributed by atoms with Gasteiger partial charge in [0.05, 0.1) is 20.8 Å². The minimum Gasteiger partial charge on any atom is -0.455 e. The van der Waals surface area contributed by atoms with Gasteiger partial charge in [-0.2, -0.15) is 0 Å². The molecule has 4 rings (SSSR count). The fraction of sp³-hybridized carbons (Fsp3) is 0.167. The normalized spacial score (nSPS) is 11.2. The number of carbonyl (C=O) groups excluding carboxylic acids is 2. The van der Waals surface area contributed by atoms with Gasteiger partial charge in [0, 0.05) is 38.9 Å². The van der Waals surface area contributed by atoms with Gasteiger partial charge < -0.3 is 14.6 Å². The van der Waals surface area contributed by atoms with Crippen molar-refractivity contribution in [2.45, 2.75) is 18.4 Å². The van der Waals surface area contributed by atoms with E-state index in [4.69, 9.17) is 39.5 Å². The van der Waals surface area contributed by atoms with Crippen molar-refractivity contribution in [3.8, 4) is 0 Å². The van der Waals surface area contributed by atoms with Crippen molar-refractivity contribution < 1.29 is 14.3 Å². The Labute approximate surface area is 209 Å². The van der Waals surface area contributed by atoms with E-state index in [0.29, 0.717) is 15.6 Å². The van der Waals surface area contributed by atoms with Gasteiger partial charge in [-0.05, 0) is 43.3 Å². The van der Waals surface area contributed by atoms with E-state index in [1.165, 1.54) is 0 Å². The third kappa shape index (κ3) is 5.09. The number of rotatable bonds is 7. The molecule has 33 heavy (non-hydrogen) atoms. The number of anilines is 1. The molecule has 9 heteroatoms. The number of para-hydroxylation sites is 1. The second-order valence-corrected chi connectivity index (χ2v) is 9.34. The Morgan fingerprint density at radius 2 is 1.73 bits per heavy atom. The van der Waals surface area contributed by atoms with Crippen molar-refractivity contribution in [1.29, 1.82) is 0 Å². The Morgan fingerprint density at radius 1 is 0.970 bits per heavy atom. The van der Waals surface area contributed by atoms with Crippen LogP contribution >= 0.6 is 46.6 Å². The maximum atomic E-state index is 12.3. The van der Waals surface area contributed by atoms with Gasteiger partial charge in [-0.15, -0.1) is 11.8 Å². The van der Waals surface area contributed by atoms with Gasteiger partial charge in [0.15, 0.2) is 6.61 Å². The van der Waals surface area contributed by atoms with E-state index < -0.39 is 11.9 Å². The van der Waals surface area contributed by atoms with Crippen LogP contribution in [0.2, 0.25) is 15.1 Å². The molecule has 5 nitrogen and oxygen atoms in total. The third-order valence-electron chi connectivity index (χ3n) is 5.08. The molecule has 1 heterocycles.